The Labute approximate surface area is 157 Å². The molecule has 0 aromatic heterocycles. The highest BCUT2D eigenvalue weighted by Gasteiger charge is 2.33. The zero-order valence-electron chi connectivity index (χ0n) is 15.3. The number of amides is 1. The van der Waals surface area contributed by atoms with Gasteiger partial charge in [-0.15, -0.1) is 11.8 Å². The van der Waals surface area contributed by atoms with Crippen molar-refractivity contribution in [2.45, 2.75) is 31.6 Å². The van der Waals surface area contributed by atoms with Crippen LogP contribution >= 0.6 is 11.8 Å². The van der Waals surface area contributed by atoms with Crippen molar-refractivity contribution in [3.05, 3.63) is 17.7 Å². The van der Waals surface area contributed by atoms with E-state index in [0.29, 0.717) is 18.8 Å². The molecule has 1 aromatic rings. The lowest BCUT2D eigenvalue weighted by Crippen LogP contribution is -2.41. The second-order valence-corrected chi connectivity index (χ2v) is 7.03. The zero-order chi connectivity index (χ0) is 19.1. The van der Waals surface area contributed by atoms with Gasteiger partial charge in [-0.25, -0.2) is 0 Å². The van der Waals surface area contributed by atoms with Crippen molar-refractivity contribution in [2.24, 2.45) is 0 Å². The smallest absolute Gasteiger partial charge is 0.325 e. The Hall–Kier alpha value is -2.09. The maximum Gasteiger partial charge on any atom is 0.325 e. The van der Waals surface area contributed by atoms with Gasteiger partial charge in [0.2, 0.25) is 11.7 Å². The number of carbonyl (C=O) groups is 2. The van der Waals surface area contributed by atoms with E-state index in [1.54, 1.807) is 23.9 Å². The lowest BCUT2D eigenvalue weighted by molar-refractivity contribution is -0.150. The molecular formula is C18H25NO6S. The summed E-state index contributed by atoms with van der Waals surface area (Å²) in [6.07, 6.45) is 2.10. The number of hydrogen-bond acceptors (Lipinski definition) is 7. The van der Waals surface area contributed by atoms with Crippen molar-refractivity contribution in [3.8, 4) is 17.2 Å². The van der Waals surface area contributed by atoms with Gasteiger partial charge in [0.1, 0.15) is 11.9 Å². The minimum absolute atomic E-state index is 0.101. The number of hydrogen-bond donors (Lipinski definition) is 1. The first-order valence-corrected chi connectivity index (χ1v) is 9.58. The van der Waals surface area contributed by atoms with Gasteiger partial charge < -0.3 is 24.2 Å². The maximum atomic E-state index is 12.4. The molecule has 0 saturated carbocycles. The second-order valence-electron chi connectivity index (χ2n) is 5.84. The molecule has 1 saturated heterocycles. The first kappa shape index (κ1) is 20.2. The molecule has 1 heterocycles. The molecule has 0 bridgehead atoms. The first-order valence-electron chi connectivity index (χ1n) is 8.53. The number of phenols is 1. The van der Waals surface area contributed by atoms with Crippen molar-refractivity contribution in [1.29, 1.82) is 0 Å². The highest BCUT2D eigenvalue weighted by molar-refractivity contribution is 7.99. The van der Waals surface area contributed by atoms with Crippen LogP contribution in [-0.2, 0) is 14.3 Å². The van der Waals surface area contributed by atoms with Gasteiger partial charge >= 0.3 is 5.97 Å². The molecule has 144 valence electrons. The first-order chi connectivity index (χ1) is 12.5. The number of thioether (sulfide) groups is 1. The van der Waals surface area contributed by atoms with E-state index in [0.717, 1.165) is 18.4 Å². The van der Waals surface area contributed by atoms with Crippen LogP contribution in [0.3, 0.4) is 0 Å². The number of carbonyl (C=O) groups excluding carboxylic acids is 2. The fourth-order valence-electron chi connectivity index (χ4n) is 2.64. The van der Waals surface area contributed by atoms with Gasteiger partial charge in [-0.05, 0) is 24.1 Å². The minimum atomic E-state index is -0.419. The molecule has 8 heteroatoms. The molecule has 1 fully saturated rings. The van der Waals surface area contributed by atoms with Gasteiger partial charge in [0.15, 0.2) is 11.5 Å². The molecule has 1 N–H and O–H groups in total. The predicted octanol–water partition coefficient (Wildman–Crippen LogP) is 2.72. The molecule has 1 unspecified atom stereocenters. The standard InChI is InChI=1S/C18H25NO6S/c1-4-5-7-25-16(21)11-19-15(20)6-8-26-18(19)12-9-13(23-2)17(22)14(10-12)24-3/h9-10,18,22H,4-8,11H2,1-3H3. The van der Waals surface area contributed by atoms with Gasteiger partial charge in [0, 0.05) is 12.2 Å². The summed E-state index contributed by atoms with van der Waals surface area (Å²) in [5.41, 5.74) is 0.718. The van der Waals surface area contributed by atoms with Crippen molar-refractivity contribution < 1.29 is 28.9 Å². The second kappa shape index (κ2) is 9.56. The lowest BCUT2D eigenvalue weighted by atomic mass is 10.1. The van der Waals surface area contributed by atoms with Gasteiger partial charge in [-0.3, -0.25) is 9.59 Å². The van der Waals surface area contributed by atoms with E-state index in [1.165, 1.54) is 19.1 Å². The number of unbranched alkanes of at least 4 members (excludes halogenated alkanes) is 1. The Morgan fingerprint density at radius 2 is 1.96 bits per heavy atom. The van der Waals surface area contributed by atoms with E-state index in [2.05, 4.69) is 0 Å². The van der Waals surface area contributed by atoms with Gasteiger partial charge in [0.05, 0.1) is 20.8 Å². The van der Waals surface area contributed by atoms with Crippen molar-refractivity contribution in [3.63, 3.8) is 0 Å². The predicted molar refractivity (Wildman–Crippen MR) is 98.6 cm³/mol. The molecule has 1 aromatic carbocycles. The fraction of sp³-hybridized carbons (Fsp3) is 0.556. The van der Waals surface area contributed by atoms with E-state index in [9.17, 15) is 14.7 Å². The Bertz CT molecular complexity index is 626. The summed E-state index contributed by atoms with van der Waals surface area (Å²) in [4.78, 5) is 26.0. The summed E-state index contributed by atoms with van der Waals surface area (Å²) in [6, 6.07) is 3.31. The molecule has 2 rings (SSSR count). The van der Waals surface area contributed by atoms with Crippen molar-refractivity contribution in [1.82, 2.24) is 4.90 Å². The van der Waals surface area contributed by atoms with Gasteiger partial charge in [0.25, 0.3) is 0 Å². The van der Waals surface area contributed by atoms with Gasteiger partial charge in [-0.2, -0.15) is 0 Å². The molecule has 1 amide bonds. The Morgan fingerprint density at radius 1 is 1.31 bits per heavy atom. The van der Waals surface area contributed by atoms with Crippen LogP contribution in [0.25, 0.3) is 0 Å². The summed E-state index contributed by atoms with van der Waals surface area (Å²) in [5, 5.41) is 9.71. The molecule has 0 spiro atoms. The number of methoxy groups -OCH3 is 2. The summed E-state index contributed by atoms with van der Waals surface area (Å²) in [6.45, 7) is 2.27. The number of aromatic hydroxyl groups is 1. The lowest BCUT2D eigenvalue weighted by Gasteiger charge is -2.35. The van der Waals surface area contributed by atoms with Crippen LogP contribution in [0.15, 0.2) is 12.1 Å². The third-order valence-electron chi connectivity index (χ3n) is 4.04. The SMILES string of the molecule is CCCCOC(=O)CN1C(=O)CCSC1c1cc(OC)c(O)c(OC)c1. The normalized spacial score (nSPS) is 17.1. The summed E-state index contributed by atoms with van der Waals surface area (Å²) >= 11 is 1.55. The average Bonchev–Trinajstić information content (AvgIpc) is 2.64. The van der Waals surface area contributed by atoms with Gasteiger partial charge in [-0.1, -0.05) is 13.3 Å². The Balaban J connectivity index is 2.24. The molecule has 7 nitrogen and oxygen atoms in total. The highest BCUT2D eigenvalue weighted by atomic mass is 32.2. The topological polar surface area (TPSA) is 85.3 Å². The molecule has 1 atom stereocenters. The molecule has 1 aliphatic rings. The summed E-state index contributed by atoms with van der Waals surface area (Å²) in [7, 11) is 2.89. The molecule has 0 aliphatic carbocycles. The van der Waals surface area contributed by atoms with Crippen LogP contribution in [0.2, 0.25) is 0 Å². The van der Waals surface area contributed by atoms with Crippen LogP contribution in [0.1, 0.15) is 37.1 Å². The number of ether oxygens (including phenoxy) is 3. The largest absolute Gasteiger partial charge is 0.502 e. The van der Waals surface area contributed by atoms with Crippen molar-refractivity contribution >= 4 is 23.6 Å². The highest BCUT2D eigenvalue weighted by Crippen LogP contribution is 2.44. The Morgan fingerprint density at radius 3 is 2.54 bits per heavy atom. The van der Waals surface area contributed by atoms with E-state index in [-0.39, 0.29) is 35.1 Å². The van der Waals surface area contributed by atoms with Crippen LogP contribution in [-0.4, -0.2) is 55.0 Å². The number of nitrogens with zero attached hydrogens (tertiary/aromatic N) is 1. The molecule has 1 aliphatic heterocycles. The van der Waals surface area contributed by atoms with Crippen LogP contribution in [0, 0.1) is 0 Å². The van der Waals surface area contributed by atoms with E-state index < -0.39 is 5.97 Å². The number of esters is 1. The third-order valence-corrected chi connectivity index (χ3v) is 5.32. The van der Waals surface area contributed by atoms with Crippen molar-refractivity contribution in [2.75, 3.05) is 33.1 Å². The average molecular weight is 383 g/mol. The molecular weight excluding hydrogens is 358 g/mol. The number of rotatable bonds is 8. The quantitative estimate of drug-likeness (QED) is 0.546. The van der Waals surface area contributed by atoms with E-state index in [4.69, 9.17) is 14.2 Å². The third kappa shape index (κ3) is 4.75. The fourth-order valence-corrected chi connectivity index (χ4v) is 3.86. The molecule has 26 heavy (non-hydrogen) atoms. The molecule has 0 radical (unpaired) electrons. The number of phenolic OH excluding ortho intramolecular Hbond substituents is 1. The monoisotopic (exact) mass is 383 g/mol. The Kier molecular flexibility index (Phi) is 7.44. The van der Waals surface area contributed by atoms with Crippen LogP contribution < -0.4 is 9.47 Å². The minimum Gasteiger partial charge on any atom is -0.502 e. The van der Waals surface area contributed by atoms with E-state index in [1.807, 2.05) is 6.92 Å². The van der Waals surface area contributed by atoms with Crippen LogP contribution in [0.5, 0.6) is 17.2 Å². The maximum absolute atomic E-state index is 12.4. The number of benzene rings is 1. The zero-order valence-corrected chi connectivity index (χ0v) is 16.1. The van der Waals surface area contributed by atoms with Crippen LogP contribution in [0.4, 0.5) is 0 Å². The summed E-state index contributed by atoms with van der Waals surface area (Å²) in [5.74, 6) is 0.531. The van der Waals surface area contributed by atoms with E-state index >= 15 is 0 Å². The summed E-state index contributed by atoms with van der Waals surface area (Å²) < 4.78 is 15.6.